The van der Waals surface area contributed by atoms with Gasteiger partial charge in [-0.1, -0.05) is 30.3 Å². The van der Waals surface area contributed by atoms with Crippen molar-refractivity contribution in [3.8, 4) is 0 Å². The molecule has 1 aliphatic heterocycles. The van der Waals surface area contributed by atoms with Crippen LogP contribution in [0.15, 0.2) is 30.3 Å². The summed E-state index contributed by atoms with van der Waals surface area (Å²) >= 11 is 0. The molecule has 1 fully saturated rings. The summed E-state index contributed by atoms with van der Waals surface area (Å²) < 4.78 is 0. The van der Waals surface area contributed by atoms with Gasteiger partial charge >= 0.3 is 5.97 Å². The number of aliphatic carboxylic acids is 1. The molecule has 2 amide bonds. The number of carboxylic acid groups (broad SMARTS) is 1. The Morgan fingerprint density at radius 1 is 1.35 bits per heavy atom. The van der Waals surface area contributed by atoms with E-state index in [1.54, 1.807) is 30.3 Å². The lowest BCUT2D eigenvalue weighted by atomic mass is 9.91. The predicted molar refractivity (Wildman–Crippen MR) is 70.7 cm³/mol. The van der Waals surface area contributed by atoms with Gasteiger partial charge in [0.2, 0.25) is 11.8 Å². The van der Waals surface area contributed by atoms with Crippen LogP contribution in [0.1, 0.15) is 25.3 Å². The zero-order valence-electron chi connectivity index (χ0n) is 11.1. The Bertz CT molecular complexity index is 543. The van der Waals surface area contributed by atoms with Gasteiger partial charge in [-0.2, -0.15) is 0 Å². The third-order valence-electron chi connectivity index (χ3n) is 3.46. The molecule has 1 saturated heterocycles. The van der Waals surface area contributed by atoms with E-state index < -0.39 is 23.5 Å². The van der Waals surface area contributed by atoms with E-state index >= 15 is 0 Å². The molecule has 1 unspecified atom stereocenters. The third kappa shape index (κ3) is 2.64. The summed E-state index contributed by atoms with van der Waals surface area (Å²) in [6, 6.07) is 7.80. The second kappa shape index (κ2) is 5.32. The number of rotatable bonds is 4. The molecule has 0 aliphatic carbocycles. The number of hydrogen-bond acceptors (Lipinski definition) is 3. The van der Waals surface area contributed by atoms with Gasteiger partial charge in [0.25, 0.3) is 0 Å². The summed E-state index contributed by atoms with van der Waals surface area (Å²) in [7, 11) is 0. The molecule has 6 heteroatoms. The number of hydrogen-bond donors (Lipinski definition) is 3. The van der Waals surface area contributed by atoms with Crippen LogP contribution < -0.4 is 10.6 Å². The third-order valence-corrected chi connectivity index (χ3v) is 3.46. The molecule has 1 aromatic carbocycles. The Hall–Kier alpha value is -2.37. The van der Waals surface area contributed by atoms with Crippen molar-refractivity contribution >= 4 is 17.8 Å². The highest BCUT2D eigenvalue weighted by molar-refractivity contribution is 5.94. The van der Waals surface area contributed by atoms with E-state index in [0.717, 1.165) is 0 Å². The van der Waals surface area contributed by atoms with Crippen LogP contribution in [0, 0.1) is 0 Å². The van der Waals surface area contributed by atoms with Crippen molar-refractivity contribution in [2.24, 2.45) is 0 Å². The average Bonchev–Trinajstić information content (AvgIpc) is 2.86. The molecular formula is C14H16N2O4. The lowest BCUT2D eigenvalue weighted by Gasteiger charge is -2.28. The highest BCUT2D eigenvalue weighted by Crippen LogP contribution is 2.21. The molecule has 0 aromatic heterocycles. The van der Waals surface area contributed by atoms with Crippen LogP contribution in [-0.2, 0) is 19.9 Å². The minimum Gasteiger partial charge on any atom is -0.479 e. The molecule has 0 radical (unpaired) electrons. The summed E-state index contributed by atoms with van der Waals surface area (Å²) in [5.74, 6) is -1.83. The molecule has 2 rings (SSSR count). The van der Waals surface area contributed by atoms with Crippen molar-refractivity contribution in [3.05, 3.63) is 35.9 Å². The second-order valence-electron chi connectivity index (χ2n) is 4.94. The van der Waals surface area contributed by atoms with Crippen molar-refractivity contribution in [1.82, 2.24) is 10.6 Å². The number of carbonyl (C=O) groups is 3. The standard InChI is InChI=1S/C14H16N2O4/c1-14(13(19)20,9-5-3-2-4-6-9)16-12(18)10-7-8-11(17)15-10/h2-6,10H,7-8H2,1H3,(H,15,17)(H,16,18)(H,19,20)/t10-,14?/m0/s1. The van der Waals surface area contributed by atoms with E-state index in [9.17, 15) is 19.5 Å². The summed E-state index contributed by atoms with van der Waals surface area (Å²) in [5, 5.41) is 14.5. The van der Waals surface area contributed by atoms with Gasteiger partial charge in [-0.15, -0.1) is 0 Å². The highest BCUT2D eigenvalue weighted by Gasteiger charge is 2.39. The summed E-state index contributed by atoms with van der Waals surface area (Å²) in [6.07, 6.45) is 0.669. The minimum atomic E-state index is -1.52. The number of benzene rings is 1. The van der Waals surface area contributed by atoms with E-state index in [0.29, 0.717) is 12.0 Å². The first-order valence-electron chi connectivity index (χ1n) is 6.34. The summed E-state index contributed by atoms with van der Waals surface area (Å²) in [5.41, 5.74) is -1.05. The van der Waals surface area contributed by atoms with Gasteiger partial charge in [-0.3, -0.25) is 9.59 Å². The average molecular weight is 276 g/mol. The highest BCUT2D eigenvalue weighted by atomic mass is 16.4. The molecule has 0 bridgehead atoms. The molecule has 2 atom stereocenters. The monoisotopic (exact) mass is 276 g/mol. The van der Waals surface area contributed by atoms with Crippen LogP contribution in [0.5, 0.6) is 0 Å². The lowest BCUT2D eigenvalue weighted by Crippen LogP contribution is -2.54. The van der Waals surface area contributed by atoms with Crippen LogP contribution in [-0.4, -0.2) is 28.9 Å². The Morgan fingerprint density at radius 3 is 2.50 bits per heavy atom. The molecule has 106 valence electrons. The van der Waals surface area contributed by atoms with E-state index in [2.05, 4.69) is 10.6 Å². The number of nitrogens with one attached hydrogen (secondary N) is 2. The molecule has 20 heavy (non-hydrogen) atoms. The first-order chi connectivity index (χ1) is 9.43. The SMILES string of the molecule is CC(NC(=O)[C@@H]1CCC(=O)N1)(C(=O)O)c1ccccc1. The number of carbonyl (C=O) groups excluding carboxylic acids is 2. The fraction of sp³-hybridized carbons (Fsp3) is 0.357. The van der Waals surface area contributed by atoms with Crippen LogP contribution in [0.2, 0.25) is 0 Å². The smallest absolute Gasteiger partial charge is 0.333 e. The van der Waals surface area contributed by atoms with Crippen molar-refractivity contribution in [3.63, 3.8) is 0 Å². The Kier molecular flexibility index (Phi) is 3.74. The van der Waals surface area contributed by atoms with E-state index in [1.165, 1.54) is 6.92 Å². The van der Waals surface area contributed by atoms with Gasteiger partial charge in [0, 0.05) is 6.42 Å². The largest absolute Gasteiger partial charge is 0.479 e. The van der Waals surface area contributed by atoms with Crippen LogP contribution in [0.25, 0.3) is 0 Å². The van der Waals surface area contributed by atoms with Crippen LogP contribution >= 0.6 is 0 Å². The second-order valence-corrected chi connectivity index (χ2v) is 4.94. The molecule has 0 spiro atoms. The molecule has 1 aromatic rings. The minimum absolute atomic E-state index is 0.193. The Morgan fingerprint density at radius 2 is 2.00 bits per heavy atom. The summed E-state index contributed by atoms with van der Waals surface area (Å²) in [4.78, 5) is 34.7. The van der Waals surface area contributed by atoms with Crippen LogP contribution in [0.4, 0.5) is 0 Å². The number of amides is 2. The van der Waals surface area contributed by atoms with Crippen molar-refractivity contribution < 1.29 is 19.5 Å². The molecule has 3 N–H and O–H groups in total. The maximum absolute atomic E-state index is 12.1. The van der Waals surface area contributed by atoms with Gasteiger partial charge in [-0.25, -0.2) is 4.79 Å². The zero-order valence-corrected chi connectivity index (χ0v) is 11.1. The predicted octanol–water partition coefficient (Wildman–Crippen LogP) is 0.381. The van der Waals surface area contributed by atoms with Crippen molar-refractivity contribution in [2.45, 2.75) is 31.3 Å². The van der Waals surface area contributed by atoms with Gasteiger partial charge in [-0.05, 0) is 18.9 Å². The quantitative estimate of drug-likeness (QED) is 0.741. The maximum atomic E-state index is 12.1. The fourth-order valence-electron chi connectivity index (χ4n) is 2.16. The maximum Gasteiger partial charge on any atom is 0.333 e. The van der Waals surface area contributed by atoms with E-state index in [-0.39, 0.29) is 12.3 Å². The van der Waals surface area contributed by atoms with E-state index in [1.807, 2.05) is 0 Å². The van der Waals surface area contributed by atoms with Gasteiger partial charge < -0.3 is 15.7 Å². The Labute approximate surface area is 116 Å². The van der Waals surface area contributed by atoms with Gasteiger partial charge in [0.05, 0.1) is 0 Å². The summed E-state index contributed by atoms with van der Waals surface area (Å²) in [6.45, 7) is 1.43. The van der Waals surface area contributed by atoms with E-state index in [4.69, 9.17) is 0 Å². The number of carboxylic acids is 1. The lowest BCUT2D eigenvalue weighted by molar-refractivity contribution is -0.147. The molecule has 0 saturated carbocycles. The first kappa shape index (κ1) is 14.0. The van der Waals surface area contributed by atoms with Crippen molar-refractivity contribution in [2.75, 3.05) is 0 Å². The Balaban J connectivity index is 2.20. The van der Waals surface area contributed by atoms with Gasteiger partial charge in [0.1, 0.15) is 6.04 Å². The molecule has 1 heterocycles. The first-order valence-corrected chi connectivity index (χ1v) is 6.34. The van der Waals surface area contributed by atoms with Gasteiger partial charge in [0.15, 0.2) is 5.54 Å². The normalized spacial score (nSPS) is 20.9. The zero-order chi connectivity index (χ0) is 14.8. The molecular weight excluding hydrogens is 260 g/mol. The topological polar surface area (TPSA) is 95.5 Å². The van der Waals surface area contributed by atoms with Crippen molar-refractivity contribution in [1.29, 1.82) is 0 Å². The molecule has 6 nitrogen and oxygen atoms in total. The molecule has 1 aliphatic rings. The van der Waals surface area contributed by atoms with Crippen LogP contribution in [0.3, 0.4) is 0 Å². The fourth-order valence-corrected chi connectivity index (χ4v) is 2.16.